The fourth-order valence-electron chi connectivity index (χ4n) is 2.09. The Morgan fingerprint density at radius 2 is 2.00 bits per heavy atom. The van der Waals surface area contributed by atoms with Gasteiger partial charge in [0.15, 0.2) is 0 Å². The molecule has 1 fully saturated rings. The largest absolute Gasteiger partial charge is 0.342 e. The van der Waals surface area contributed by atoms with Crippen molar-refractivity contribution in [3.63, 3.8) is 0 Å². The van der Waals surface area contributed by atoms with Crippen molar-refractivity contribution in [1.82, 2.24) is 10.2 Å². The van der Waals surface area contributed by atoms with Crippen LogP contribution in [-0.4, -0.2) is 46.3 Å². The van der Waals surface area contributed by atoms with Gasteiger partial charge in [-0.05, 0) is 25.5 Å². The van der Waals surface area contributed by atoms with E-state index < -0.39 is 5.54 Å². The minimum Gasteiger partial charge on any atom is -0.342 e. The molecule has 1 saturated heterocycles. The maximum Gasteiger partial charge on any atom is 0.246 e. The Morgan fingerprint density at radius 1 is 1.39 bits per heavy atom. The average Bonchev–Trinajstić information content (AvgIpc) is 2.28. The van der Waals surface area contributed by atoms with Gasteiger partial charge in [-0.15, -0.1) is 0 Å². The molecule has 1 atom stereocenters. The van der Waals surface area contributed by atoms with E-state index in [4.69, 9.17) is 0 Å². The lowest BCUT2D eigenvalue weighted by Crippen LogP contribution is -2.69. The van der Waals surface area contributed by atoms with Crippen LogP contribution in [0.3, 0.4) is 0 Å². The number of carbonyl (C=O) groups excluding carboxylic acids is 2. The molecular weight excluding hydrogens is 248 g/mol. The second-order valence-corrected chi connectivity index (χ2v) is 6.83. The van der Waals surface area contributed by atoms with Crippen molar-refractivity contribution in [1.29, 1.82) is 0 Å². The van der Waals surface area contributed by atoms with Crippen molar-refractivity contribution < 1.29 is 9.59 Å². The summed E-state index contributed by atoms with van der Waals surface area (Å²) in [5.41, 5.74) is -0.739. The summed E-state index contributed by atoms with van der Waals surface area (Å²) in [7, 11) is 0. The SMILES string of the molecule is CCSCCN1C(=O)C(C(C)C)NC(=O)C1(C)C. The number of thioether (sulfide) groups is 1. The number of nitrogens with zero attached hydrogens (tertiary/aromatic N) is 1. The highest BCUT2D eigenvalue weighted by atomic mass is 32.2. The highest BCUT2D eigenvalue weighted by Gasteiger charge is 2.46. The van der Waals surface area contributed by atoms with Gasteiger partial charge in [0.2, 0.25) is 11.8 Å². The summed E-state index contributed by atoms with van der Waals surface area (Å²) in [6, 6.07) is -0.378. The molecule has 104 valence electrons. The molecule has 0 spiro atoms. The molecule has 1 aliphatic heterocycles. The average molecular weight is 272 g/mol. The van der Waals surface area contributed by atoms with Crippen molar-refractivity contribution in [2.24, 2.45) is 5.92 Å². The third kappa shape index (κ3) is 2.99. The van der Waals surface area contributed by atoms with E-state index in [1.54, 1.807) is 16.7 Å². The molecule has 1 heterocycles. The van der Waals surface area contributed by atoms with Crippen LogP contribution in [0.25, 0.3) is 0 Å². The van der Waals surface area contributed by atoms with Crippen LogP contribution in [0.4, 0.5) is 0 Å². The van der Waals surface area contributed by atoms with E-state index in [0.29, 0.717) is 6.54 Å². The predicted octanol–water partition coefficient (Wildman–Crippen LogP) is 1.50. The molecule has 0 radical (unpaired) electrons. The molecule has 2 amide bonds. The Kier molecular flexibility index (Phi) is 5.08. The monoisotopic (exact) mass is 272 g/mol. The van der Waals surface area contributed by atoms with Crippen molar-refractivity contribution in [3.8, 4) is 0 Å². The van der Waals surface area contributed by atoms with E-state index in [2.05, 4.69) is 12.2 Å². The lowest BCUT2D eigenvalue weighted by molar-refractivity contribution is -0.156. The number of hydrogen-bond donors (Lipinski definition) is 1. The Hall–Kier alpha value is -0.710. The molecule has 0 aromatic carbocycles. The first-order chi connectivity index (χ1) is 8.32. The fraction of sp³-hybridized carbons (Fsp3) is 0.846. The van der Waals surface area contributed by atoms with Crippen LogP contribution < -0.4 is 5.32 Å². The van der Waals surface area contributed by atoms with Crippen molar-refractivity contribution in [3.05, 3.63) is 0 Å². The Bertz CT molecular complexity index is 329. The van der Waals surface area contributed by atoms with Crippen molar-refractivity contribution in [2.75, 3.05) is 18.1 Å². The molecule has 1 N–H and O–H groups in total. The Balaban J connectivity index is 2.85. The third-order valence-corrected chi connectivity index (χ3v) is 4.26. The molecule has 0 aliphatic carbocycles. The highest BCUT2D eigenvalue weighted by Crippen LogP contribution is 2.24. The molecule has 1 rings (SSSR count). The van der Waals surface area contributed by atoms with E-state index in [-0.39, 0.29) is 23.8 Å². The summed E-state index contributed by atoms with van der Waals surface area (Å²) in [5, 5.41) is 2.84. The summed E-state index contributed by atoms with van der Waals surface area (Å²) in [4.78, 5) is 26.3. The van der Waals surface area contributed by atoms with E-state index in [1.807, 2.05) is 27.7 Å². The van der Waals surface area contributed by atoms with E-state index in [0.717, 1.165) is 11.5 Å². The molecule has 1 unspecified atom stereocenters. The van der Waals surface area contributed by atoms with Gasteiger partial charge in [-0.2, -0.15) is 11.8 Å². The number of carbonyl (C=O) groups is 2. The van der Waals surface area contributed by atoms with Gasteiger partial charge < -0.3 is 10.2 Å². The van der Waals surface area contributed by atoms with Crippen LogP contribution in [0.1, 0.15) is 34.6 Å². The van der Waals surface area contributed by atoms with Gasteiger partial charge in [0, 0.05) is 12.3 Å². The molecule has 0 aromatic rings. The van der Waals surface area contributed by atoms with Gasteiger partial charge in [-0.25, -0.2) is 0 Å². The maximum atomic E-state index is 12.4. The van der Waals surface area contributed by atoms with Crippen LogP contribution in [0.2, 0.25) is 0 Å². The summed E-state index contributed by atoms with van der Waals surface area (Å²) >= 11 is 1.79. The highest BCUT2D eigenvalue weighted by molar-refractivity contribution is 7.99. The summed E-state index contributed by atoms with van der Waals surface area (Å²) in [5.74, 6) is 2.03. The minimum absolute atomic E-state index is 0.0475. The number of amides is 2. The first kappa shape index (κ1) is 15.3. The van der Waals surface area contributed by atoms with Crippen LogP contribution in [0.15, 0.2) is 0 Å². The molecule has 18 heavy (non-hydrogen) atoms. The van der Waals surface area contributed by atoms with E-state index in [1.165, 1.54) is 0 Å². The number of nitrogens with one attached hydrogen (secondary N) is 1. The van der Waals surface area contributed by atoms with Gasteiger partial charge in [0.1, 0.15) is 11.6 Å². The number of hydrogen-bond acceptors (Lipinski definition) is 3. The second kappa shape index (κ2) is 5.95. The standard InChI is InChI=1S/C13H24N2O2S/c1-6-18-8-7-15-11(16)10(9(2)3)14-12(17)13(15,4)5/h9-10H,6-8H2,1-5H3,(H,14,17). The van der Waals surface area contributed by atoms with Crippen LogP contribution in [0.5, 0.6) is 0 Å². The van der Waals surface area contributed by atoms with Gasteiger partial charge >= 0.3 is 0 Å². The van der Waals surface area contributed by atoms with Crippen LogP contribution >= 0.6 is 11.8 Å². The zero-order chi connectivity index (χ0) is 13.9. The van der Waals surface area contributed by atoms with Gasteiger partial charge in [-0.3, -0.25) is 9.59 Å². The molecule has 1 aliphatic rings. The quantitative estimate of drug-likeness (QED) is 0.772. The van der Waals surface area contributed by atoms with Gasteiger partial charge in [0.05, 0.1) is 0 Å². The van der Waals surface area contributed by atoms with Crippen LogP contribution in [-0.2, 0) is 9.59 Å². The molecule has 0 aromatic heterocycles. The van der Waals surface area contributed by atoms with Crippen molar-refractivity contribution in [2.45, 2.75) is 46.2 Å². The summed E-state index contributed by atoms with van der Waals surface area (Å²) in [6.45, 7) is 10.3. The first-order valence-corrected chi connectivity index (χ1v) is 7.68. The van der Waals surface area contributed by atoms with E-state index in [9.17, 15) is 9.59 Å². The van der Waals surface area contributed by atoms with Gasteiger partial charge in [-0.1, -0.05) is 20.8 Å². The van der Waals surface area contributed by atoms with Crippen molar-refractivity contribution >= 4 is 23.6 Å². The lowest BCUT2D eigenvalue weighted by Gasteiger charge is -2.45. The zero-order valence-electron chi connectivity index (χ0n) is 11.9. The minimum atomic E-state index is -0.739. The second-order valence-electron chi connectivity index (χ2n) is 5.44. The maximum absolute atomic E-state index is 12.4. The smallest absolute Gasteiger partial charge is 0.246 e. The molecular formula is C13H24N2O2S. The first-order valence-electron chi connectivity index (χ1n) is 6.52. The summed E-state index contributed by atoms with van der Waals surface area (Å²) < 4.78 is 0. The normalized spacial score (nSPS) is 23.4. The molecule has 4 nitrogen and oxygen atoms in total. The lowest BCUT2D eigenvalue weighted by atomic mass is 9.91. The zero-order valence-corrected chi connectivity index (χ0v) is 12.8. The number of rotatable bonds is 5. The molecule has 0 bridgehead atoms. The topological polar surface area (TPSA) is 49.4 Å². The summed E-state index contributed by atoms with van der Waals surface area (Å²) in [6.07, 6.45) is 0. The van der Waals surface area contributed by atoms with Gasteiger partial charge in [0.25, 0.3) is 0 Å². The number of piperazine rings is 1. The van der Waals surface area contributed by atoms with E-state index >= 15 is 0 Å². The predicted molar refractivity (Wildman–Crippen MR) is 75.6 cm³/mol. The van der Waals surface area contributed by atoms with Crippen LogP contribution in [0, 0.1) is 5.92 Å². The Labute approximate surface area is 114 Å². The Morgan fingerprint density at radius 3 is 2.50 bits per heavy atom. The fourth-order valence-corrected chi connectivity index (χ4v) is 2.69. The third-order valence-electron chi connectivity index (χ3n) is 3.38. The molecule has 0 saturated carbocycles. The molecule has 5 heteroatoms.